The first-order valence-corrected chi connectivity index (χ1v) is 11.2. The summed E-state index contributed by atoms with van der Waals surface area (Å²) in [5.41, 5.74) is 0.642. The molecular weight excluding hydrogens is 342 g/mol. The van der Waals surface area contributed by atoms with Crippen molar-refractivity contribution in [3.05, 3.63) is 29.8 Å². The summed E-state index contributed by atoms with van der Waals surface area (Å²) in [6, 6.07) is 7.60. The van der Waals surface area contributed by atoms with Gasteiger partial charge in [-0.15, -0.1) is 11.8 Å². The van der Waals surface area contributed by atoms with Crippen molar-refractivity contribution in [3.63, 3.8) is 0 Å². The molecule has 0 aromatic heterocycles. The van der Waals surface area contributed by atoms with Crippen LogP contribution in [0.2, 0.25) is 0 Å². The number of carbonyl (C=O) groups is 1. The van der Waals surface area contributed by atoms with Crippen LogP contribution in [0.4, 0.5) is 0 Å². The minimum absolute atomic E-state index is 0.0438. The molecule has 134 valence electrons. The molecular formula is C18H27NO3S2. The average molecular weight is 370 g/mol. The topological polar surface area (TPSA) is 63.2 Å². The summed E-state index contributed by atoms with van der Waals surface area (Å²) < 4.78 is 23.3. The first-order chi connectivity index (χ1) is 11.3. The second kappa shape index (κ2) is 8.39. The smallest absolute Gasteiger partial charge is 0.252 e. The largest absolute Gasteiger partial charge is 0.350 e. The zero-order chi connectivity index (χ0) is 17.7. The van der Waals surface area contributed by atoms with Crippen molar-refractivity contribution in [2.75, 3.05) is 11.5 Å². The Morgan fingerprint density at radius 2 is 1.96 bits per heavy atom. The number of rotatable bonds is 7. The van der Waals surface area contributed by atoms with Crippen LogP contribution in [0.3, 0.4) is 0 Å². The molecule has 1 aromatic carbocycles. The lowest BCUT2D eigenvalue weighted by Gasteiger charge is -2.17. The van der Waals surface area contributed by atoms with Gasteiger partial charge < -0.3 is 5.32 Å². The summed E-state index contributed by atoms with van der Waals surface area (Å²) in [7, 11) is -2.90. The van der Waals surface area contributed by atoms with Crippen molar-refractivity contribution >= 4 is 27.5 Å². The zero-order valence-corrected chi connectivity index (χ0v) is 16.3. The van der Waals surface area contributed by atoms with E-state index in [4.69, 9.17) is 0 Å². The van der Waals surface area contributed by atoms with Crippen LogP contribution in [0.1, 0.15) is 50.4 Å². The summed E-state index contributed by atoms with van der Waals surface area (Å²) in [5.74, 6) is 1.01. The highest BCUT2D eigenvalue weighted by Crippen LogP contribution is 2.33. The van der Waals surface area contributed by atoms with Crippen LogP contribution in [0.15, 0.2) is 29.2 Å². The number of hydrogen-bond acceptors (Lipinski definition) is 4. The molecule has 1 amide bonds. The van der Waals surface area contributed by atoms with Gasteiger partial charge in [-0.2, -0.15) is 0 Å². The van der Waals surface area contributed by atoms with Gasteiger partial charge >= 0.3 is 0 Å². The van der Waals surface area contributed by atoms with Crippen molar-refractivity contribution in [3.8, 4) is 0 Å². The molecule has 1 aliphatic heterocycles. The Morgan fingerprint density at radius 1 is 1.25 bits per heavy atom. The molecule has 0 aliphatic carbocycles. The maximum atomic E-state index is 12.6. The van der Waals surface area contributed by atoms with Crippen LogP contribution in [0, 0.1) is 5.92 Å². The summed E-state index contributed by atoms with van der Waals surface area (Å²) >= 11 is 1.51. The second-order valence-corrected chi connectivity index (χ2v) is 10.6. The Hall–Kier alpha value is -1.01. The van der Waals surface area contributed by atoms with Gasteiger partial charge in [-0.3, -0.25) is 4.79 Å². The summed E-state index contributed by atoms with van der Waals surface area (Å²) in [5, 5.41) is 3.11. The number of benzene rings is 1. The fourth-order valence-corrected chi connectivity index (χ4v) is 6.37. The van der Waals surface area contributed by atoms with Crippen molar-refractivity contribution in [1.29, 1.82) is 0 Å². The number of carbonyl (C=O) groups excluding carboxylic acids is 1. The molecule has 1 fully saturated rings. The first-order valence-electron chi connectivity index (χ1n) is 8.54. The van der Waals surface area contributed by atoms with Crippen LogP contribution >= 0.6 is 11.8 Å². The SMILES string of the molecule is CC(C)CC[C@@H](C)NC(=O)c1ccccc1S[C@@H]1CCS(=O)(=O)C1. The van der Waals surface area contributed by atoms with E-state index in [0.29, 0.717) is 17.9 Å². The Bertz CT molecular complexity index is 671. The van der Waals surface area contributed by atoms with E-state index in [1.54, 1.807) is 0 Å². The number of amides is 1. The van der Waals surface area contributed by atoms with Gasteiger partial charge in [0.05, 0.1) is 17.1 Å². The lowest BCUT2D eigenvalue weighted by atomic mass is 10.0. The molecule has 0 unspecified atom stereocenters. The number of thioether (sulfide) groups is 1. The molecule has 2 rings (SSSR count). The molecule has 6 heteroatoms. The van der Waals surface area contributed by atoms with Crippen molar-refractivity contribution < 1.29 is 13.2 Å². The third-order valence-electron chi connectivity index (χ3n) is 4.17. The van der Waals surface area contributed by atoms with Crippen molar-refractivity contribution in [2.24, 2.45) is 5.92 Å². The third-order valence-corrected chi connectivity index (χ3v) is 7.50. The maximum absolute atomic E-state index is 12.6. The molecule has 1 heterocycles. The van der Waals surface area contributed by atoms with Crippen LogP contribution < -0.4 is 5.32 Å². The Morgan fingerprint density at radius 3 is 2.58 bits per heavy atom. The van der Waals surface area contributed by atoms with Crippen molar-refractivity contribution in [2.45, 2.75) is 56.2 Å². The van der Waals surface area contributed by atoms with Gasteiger partial charge in [-0.05, 0) is 44.2 Å². The first kappa shape index (κ1) is 19.3. The average Bonchev–Trinajstić information content (AvgIpc) is 2.84. The van der Waals surface area contributed by atoms with Gasteiger partial charge in [-0.1, -0.05) is 26.0 Å². The highest BCUT2D eigenvalue weighted by atomic mass is 32.2. The number of hydrogen-bond donors (Lipinski definition) is 1. The van der Waals surface area contributed by atoms with Gasteiger partial charge in [0.25, 0.3) is 5.91 Å². The van der Waals surface area contributed by atoms with E-state index in [1.165, 1.54) is 11.8 Å². The predicted octanol–water partition coefficient (Wildman–Crippen LogP) is 3.52. The van der Waals surface area contributed by atoms with Gasteiger partial charge in [0.1, 0.15) is 0 Å². The highest BCUT2D eigenvalue weighted by Gasteiger charge is 2.29. The molecule has 0 saturated carbocycles. The molecule has 1 aromatic rings. The third kappa shape index (κ3) is 5.81. The Labute approximate surface area is 149 Å². The minimum Gasteiger partial charge on any atom is -0.350 e. The highest BCUT2D eigenvalue weighted by molar-refractivity contribution is 8.02. The lowest BCUT2D eigenvalue weighted by molar-refractivity contribution is 0.0934. The molecule has 0 spiro atoms. The summed E-state index contributed by atoms with van der Waals surface area (Å²) in [6.07, 6.45) is 2.70. The van der Waals surface area contributed by atoms with E-state index in [-0.39, 0.29) is 28.7 Å². The van der Waals surface area contributed by atoms with E-state index in [9.17, 15) is 13.2 Å². The minimum atomic E-state index is -2.90. The molecule has 4 nitrogen and oxygen atoms in total. The zero-order valence-electron chi connectivity index (χ0n) is 14.6. The Balaban J connectivity index is 2.01. The van der Waals surface area contributed by atoms with Gasteiger partial charge in [0.15, 0.2) is 9.84 Å². The second-order valence-electron chi connectivity index (χ2n) is 6.98. The van der Waals surface area contributed by atoms with Gasteiger partial charge in [0, 0.05) is 16.2 Å². The van der Waals surface area contributed by atoms with Crippen molar-refractivity contribution in [1.82, 2.24) is 5.32 Å². The monoisotopic (exact) mass is 369 g/mol. The lowest BCUT2D eigenvalue weighted by Crippen LogP contribution is -2.33. The molecule has 0 bridgehead atoms. The van der Waals surface area contributed by atoms with E-state index in [0.717, 1.165) is 17.7 Å². The Kier molecular flexibility index (Phi) is 6.75. The summed E-state index contributed by atoms with van der Waals surface area (Å²) in [4.78, 5) is 13.4. The quantitative estimate of drug-likeness (QED) is 0.799. The summed E-state index contributed by atoms with van der Waals surface area (Å²) in [6.45, 7) is 6.38. The maximum Gasteiger partial charge on any atom is 0.252 e. The van der Waals surface area contributed by atoms with E-state index >= 15 is 0 Å². The standard InChI is InChI=1S/C18H27NO3S2/c1-13(2)8-9-14(3)19-18(20)16-6-4-5-7-17(16)23-15-10-11-24(21,22)12-15/h4-7,13-15H,8-12H2,1-3H3,(H,19,20)/t14-,15-/m1/s1. The molecule has 2 atom stereocenters. The van der Waals surface area contributed by atoms with E-state index in [2.05, 4.69) is 19.2 Å². The number of nitrogens with one attached hydrogen (secondary N) is 1. The normalized spacial score (nSPS) is 20.9. The molecule has 1 saturated heterocycles. The van der Waals surface area contributed by atoms with E-state index < -0.39 is 9.84 Å². The molecule has 1 N–H and O–H groups in total. The van der Waals surface area contributed by atoms with Crippen LogP contribution in [0.25, 0.3) is 0 Å². The fraction of sp³-hybridized carbons (Fsp3) is 0.611. The van der Waals surface area contributed by atoms with Gasteiger partial charge in [0.2, 0.25) is 0 Å². The predicted molar refractivity (Wildman–Crippen MR) is 100 cm³/mol. The number of sulfone groups is 1. The molecule has 0 radical (unpaired) electrons. The molecule has 1 aliphatic rings. The van der Waals surface area contributed by atoms with Crippen LogP contribution in [-0.4, -0.2) is 37.1 Å². The van der Waals surface area contributed by atoms with Crippen LogP contribution in [0.5, 0.6) is 0 Å². The van der Waals surface area contributed by atoms with Crippen LogP contribution in [-0.2, 0) is 9.84 Å². The van der Waals surface area contributed by atoms with Gasteiger partial charge in [-0.25, -0.2) is 8.42 Å². The molecule has 24 heavy (non-hydrogen) atoms. The fourth-order valence-electron chi connectivity index (χ4n) is 2.75. The van der Waals surface area contributed by atoms with E-state index in [1.807, 2.05) is 31.2 Å².